The zero-order chi connectivity index (χ0) is 56.6. The predicted octanol–water partition coefficient (Wildman–Crippen LogP) is 7.64. The summed E-state index contributed by atoms with van der Waals surface area (Å²) in [5, 5.41) is 19.5. The molecule has 4 amide bonds. The normalized spacial score (nSPS) is 17.6. The van der Waals surface area contributed by atoms with Crippen molar-refractivity contribution in [3.05, 3.63) is 107 Å². The largest absolute Gasteiger partial charge is 0.489 e. The van der Waals surface area contributed by atoms with Crippen molar-refractivity contribution in [3.8, 4) is 17.4 Å². The van der Waals surface area contributed by atoms with E-state index in [0.717, 1.165) is 47.2 Å². The van der Waals surface area contributed by atoms with Gasteiger partial charge in [-0.3, -0.25) is 19.5 Å². The third-order valence-corrected chi connectivity index (χ3v) is 17.5. The Hall–Kier alpha value is -7.88. The number of aromatic amines is 1. The summed E-state index contributed by atoms with van der Waals surface area (Å²) in [5.41, 5.74) is 5.33. The number of benzene rings is 3. The molecule has 3 aromatic heterocycles. The molecule has 5 N–H and O–H groups in total. The van der Waals surface area contributed by atoms with Crippen LogP contribution in [0.1, 0.15) is 114 Å². The molecule has 0 bridgehead atoms. The molecule has 4 atom stereocenters. The fraction of sp³-hybridized carbons (Fsp3) is 0.456. The number of fused-ring (bicyclic) bond motifs is 3. The summed E-state index contributed by atoms with van der Waals surface area (Å²) in [6.07, 6.45) is 4.41. The molecule has 3 aliphatic rings. The molecular formula is C57H70N12O9S. The molecule has 0 saturated carbocycles. The van der Waals surface area contributed by atoms with Crippen LogP contribution in [0.5, 0.6) is 17.4 Å². The standard InChI is InChI=1S/C57H70N12O9S/c1-32-33(2)66-67-50(32)65-51-41-26-46(79(74,75)57(7,8)9)45(27-43(41)59-30-62-51)77-38-20-22-68(23-21-38)47-28-48(61-31-60-47)78-39-19-18-36-25-44(53(71)63-42-17-13-15-35-14-11-12-16-40(35)42)69(29-37(36)24-39)54(72)49(56(4,5)6)64-52(70)34(3)76-55(73)58-10/h11-12,14,16,18-19,24,26-28,30-31,34,38,42,44,49H,13,15,17,20-23,25,29H2,1-10H3,(H,58,73)(H,63,71)(H,64,70)(H2,59,62,65,66,67)/t34?,42-,44+,49?/m1/s1. The number of hydrogen-bond acceptors (Lipinski definition) is 16. The molecule has 2 unspecified atom stereocenters. The summed E-state index contributed by atoms with van der Waals surface area (Å²) in [6, 6.07) is 16.4. The third-order valence-electron chi connectivity index (χ3n) is 15.0. The summed E-state index contributed by atoms with van der Waals surface area (Å²) in [6.45, 7) is 16.8. The number of aromatic nitrogens is 6. The lowest BCUT2D eigenvalue weighted by atomic mass is 9.83. The molecule has 5 heterocycles. The third kappa shape index (κ3) is 12.1. The Morgan fingerprint density at radius 1 is 0.848 bits per heavy atom. The maximum atomic E-state index is 15.0. The first-order chi connectivity index (χ1) is 37.5. The Bertz CT molecular complexity index is 3400. The molecule has 9 rings (SSSR count). The minimum absolute atomic E-state index is 0.0314. The van der Waals surface area contributed by atoms with Crippen LogP contribution in [-0.2, 0) is 48.3 Å². The smallest absolute Gasteiger partial charge is 0.407 e. The second-order valence-corrected chi connectivity index (χ2v) is 25.3. The lowest BCUT2D eigenvalue weighted by Gasteiger charge is -2.41. The zero-order valence-electron chi connectivity index (χ0n) is 46.4. The quantitative estimate of drug-likeness (QED) is 0.0701. The number of rotatable bonds is 14. The summed E-state index contributed by atoms with van der Waals surface area (Å²) < 4.78 is 45.5. The molecule has 6 aromatic rings. The summed E-state index contributed by atoms with van der Waals surface area (Å²) >= 11 is 0. The maximum absolute atomic E-state index is 15.0. The average molecular weight is 1100 g/mol. The predicted molar refractivity (Wildman–Crippen MR) is 297 cm³/mol. The van der Waals surface area contributed by atoms with Crippen molar-refractivity contribution in [2.45, 2.75) is 147 Å². The van der Waals surface area contributed by atoms with Crippen LogP contribution in [-0.4, -0.2) is 116 Å². The fourth-order valence-corrected chi connectivity index (χ4v) is 11.5. The van der Waals surface area contributed by atoms with Crippen LogP contribution in [0.25, 0.3) is 10.9 Å². The van der Waals surface area contributed by atoms with Crippen LogP contribution in [0.3, 0.4) is 0 Å². The zero-order valence-corrected chi connectivity index (χ0v) is 47.2. The van der Waals surface area contributed by atoms with Gasteiger partial charge in [0, 0.05) is 74.7 Å². The molecule has 1 saturated heterocycles. The summed E-state index contributed by atoms with van der Waals surface area (Å²) in [5.74, 6) is 1.12. The van der Waals surface area contributed by atoms with E-state index in [0.29, 0.717) is 60.0 Å². The van der Waals surface area contributed by atoms with Gasteiger partial charge in [-0.2, -0.15) is 5.10 Å². The first-order valence-electron chi connectivity index (χ1n) is 26.7. The van der Waals surface area contributed by atoms with Crippen LogP contribution in [0.2, 0.25) is 0 Å². The molecule has 0 spiro atoms. The minimum Gasteiger partial charge on any atom is -0.489 e. The number of alkyl carbamates (subject to hydrolysis) is 1. The van der Waals surface area contributed by atoms with Gasteiger partial charge < -0.3 is 45.3 Å². The molecular weight excluding hydrogens is 1030 g/mol. The SMILES string of the molecule is CNC(=O)OC(C)C(=O)NC(C(=O)N1Cc2cc(Oc3cc(N4CCC(Oc5cc6ncnc(Nc7n[nH]c(C)c7C)c6cc5S(=O)(=O)C(C)(C)C)CC4)ncn3)ccc2C[C@H]1C(=O)N[C@@H]1CCCc2ccccc21)C(C)(C)C. The Balaban J connectivity index is 0.916. The number of nitrogens with one attached hydrogen (secondary N) is 5. The summed E-state index contributed by atoms with van der Waals surface area (Å²) in [4.78, 5) is 76.7. The number of carbonyl (C=O) groups is 4. The molecule has 79 heavy (non-hydrogen) atoms. The van der Waals surface area contributed by atoms with E-state index in [1.165, 1.54) is 37.1 Å². The van der Waals surface area contributed by atoms with Crippen molar-refractivity contribution in [2.24, 2.45) is 5.41 Å². The van der Waals surface area contributed by atoms with Gasteiger partial charge in [0.25, 0.3) is 5.91 Å². The second-order valence-electron chi connectivity index (χ2n) is 22.6. The first-order valence-corrected chi connectivity index (χ1v) is 28.2. The number of aryl methyl sites for hydroxylation is 2. The molecule has 21 nitrogen and oxygen atoms in total. The highest BCUT2D eigenvalue weighted by molar-refractivity contribution is 7.92. The van der Waals surface area contributed by atoms with E-state index in [9.17, 15) is 27.6 Å². The Morgan fingerprint density at radius 3 is 2.30 bits per heavy atom. The van der Waals surface area contributed by atoms with Gasteiger partial charge >= 0.3 is 6.09 Å². The van der Waals surface area contributed by atoms with Gasteiger partial charge in [-0.05, 0) is 107 Å². The molecule has 0 radical (unpaired) electrons. The van der Waals surface area contributed by atoms with Crippen molar-refractivity contribution >= 4 is 62.0 Å². The molecule has 22 heteroatoms. The first kappa shape index (κ1) is 55.9. The molecule has 1 aliphatic carbocycles. The monoisotopic (exact) mass is 1100 g/mol. The average Bonchev–Trinajstić information content (AvgIpc) is 3.75. The van der Waals surface area contributed by atoms with Crippen molar-refractivity contribution in [1.29, 1.82) is 0 Å². The fourth-order valence-electron chi connectivity index (χ4n) is 10.2. The van der Waals surface area contributed by atoms with Gasteiger partial charge in [0.2, 0.25) is 17.7 Å². The van der Waals surface area contributed by atoms with Crippen molar-refractivity contribution < 1.29 is 41.8 Å². The van der Waals surface area contributed by atoms with Crippen molar-refractivity contribution in [2.75, 3.05) is 30.4 Å². The highest BCUT2D eigenvalue weighted by Gasteiger charge is 2.44. The second kappa shape index (κ2) is 22.5. The topological polar surface area (TPSA) is 265 Å². The number of anilines is 3. The number of piperidine rings is 1. The van der Waals surface area contributed by atoms with Crippen LogP contribution in [0.15, 0.2) is 78.2 Å². The van der Waals surface area contributed by atoms with E-state index in [2.05, 4.69) is 62.4 Å². The molecule has 3 aromatic carbocycles. The van der Waals surface area contributed by atoms with Crippen LogP contribution >= 0.6 is 0 Å². The number of ether oxygens (including phenoxy) is 3. The van der Waals surface area contributed by atoms with Gasteiger partial charge in [-0.25, -0.2) is 33.1 Å². The van der Waals surface area contributed by atoms with E-state index in [4.69, 9.17) is 14.2 Å². The Kier molecular flexibility index (Phi) is 15.9. The summed E-state index contributed by atoms with van der Waals surface area (Å²) in [7, 11) is -2.53. The van der Waals surface area contributed by atoms with Gasteiger partial charge in [-0.15, -0.1) is 0 Å². The minimum atomic E-state index is -3.91. The van der Waals surface area contributed by atoms with E-state index in [-0.39, 0.29) is 47.5 Å². The number of hydrogen-bond donors (Lipinski definition) is 5. The number of H-pyrrole nitrogens is 1. The van der Waals surface area contributed by atoms with E-state index in [1.807, 2.05) is 71.0 Å². The number of amides is 4. The number of carbonyl (C=O) groups excluding carboxylic acids is 4. The molecule has 1 fully saturated rings. The number of sulfone groups is 1. The van der Waals surface area contributed by atoms with Crippen LogP contribution < -0.4 is 35.6 Å². The van der Waals surface area contributed by atoms with E-state index >= 15 is 0 Å². The van der Waals surface area contributed by atoms with Crippen LogP contribution in [0.4, 0.5) is 22.2 Å². The highest BCUT2D eigenvalue weighted by Crippen LogP contribution is 2.40. The number of nitrogens with zero attached hydrogens (tertiary/aromatic N) is 7. The van der Waals surface area contributed by atoms with Gasteiger partial charge in [0.15, 0.2) is 21.8 Å². The van der Waals surface area contributed by atoms with Crippen molar-refractivity contribution in [3.63, 3.8) is 0 Å². The van der Waals surface area contributed by atoms with E-state index < -0.39 is 56.1 Å². The van der Waals surface area contributed by atoms with Crippen molar-refractivity contribution in [1.82, 2.24) is 51.0 Å². The van der Waals surface area contributed by atoms with Crippen LogP contribution in [0, 0.1) is 19.3 Å². The Labute approximate surface area is 460 Å². The van der Waals surface area contributed by atoms with E-state index in [1.54, 1.807) is 39.0 Å². The van der Waals surface area contributed by atoms with Gasteiger partial charge in [-0.1, -0.05) is 51.1 Å². The lowest BCUT2D eigenvalue weighted by Crippen LogP contribution is -2.61. The maximum Gasteiger partial charge on any atom is 0.407 e. The molecule has 418 valence electrons. The molecule has 2 aliphatic heterocycles. The van der Waals surface area contributed by atoms with Gasteiger partial charge in [0.1, 0.15) is 58.9 Å². The Morgan fingerprint density at radius 2 is 1.59 bits per heavy atom. The lowest BCUT2D eigenvalue weighted by molar-refractivity contribution is -0.148. The highest BCUT2D eigenvalue weighted by atomic mass is 32.2. The van der Waals surface area contributed by atoms with Gasteiger partial charge in [0.05, 0.1) is 16.3 Å².